The number of benzene rings is 1. The van der Waals surface area contributed by atoms with Crippen molar-refractivity contribution >= 4 is 17.6 Å². The molecule has 0 aliphatic heterocycles. The lowest BCUT2D eigenvalue weighted by Gasteiger charge is -2.10. The highest BCUT2D eigenvalue weighted by Gasteiger charge is 2.19. The number of aryl methyl sites for hydroxylation is 2. The van der Waals surface area contributed by atoms with Gasteiger partial charge in [0.2, 0.25) is 5.91 Å². The van der Waals surface area contributed by atoms with Crippen LogP contribution in [-0.2, 0) is 17.8 Å². The number of aromatic carboxylic acids is 1. The van der Waals surface area contributed by atoms with Gasteiger partial charge < -0.3 is 10.4 Å². The third-order valence-corrected chi connectivity index (χ3v) is 3.49. The van der Waals surface area contributed by atoms with Gasteiger partial charge in [-0.2, -0.15) is 0 Å². The van der Waals surface area contributed by atoms with Crippen molar-refractivity contribution in [3.8, 4) is 0 Å². The van der Waals surface area contributed by atoms with Gasteiger partial charge in [0.15, 0.2) is 5.69 Å². The van der Waals surface area contributed by atoms with Crippen molar-refractivity contribution in [1.82, 2.24) is 15.0 Å². The lowest BCUT2D eigenvalue weighted by molar-refractivity contribution is -0.117. The van der Waals surface area contributed by atoms with E-state index >= 15 is 0 Å². The normalized spacial score (nSPS) is 10.6. The summed E-state index contributed by atoms with van der Waals surface area (Å²) in [5.74, 6) is -1.40. The Hall–Kier alpha value is -2.70. The summed E-state index contributed by atoms with van der Waals surface area (Å²) in [7, 11) is 0. The Morgan fingerprint density at radius 2 is 2.04 bits per heavy atom. The molecular formula is C16H20N4O3. The smallest absolute Gasteiger partial charge is 0.358 e. The summed E-state index contributed by atoms with van der Waals surface area (Å²) in [5.41, 5.74) is 3.13. The number of carboxylic acid groups (broad SMARTS) is 1. The zero-order chi connectivity index (χ0) is 17.0. The van der Waals surface area contributed by atoms with Crippen molar-refractivity contribution in [3.05, 3.63) is 40.7 Å². The van der Waals surface area contributed by atoms with Gasteiger partial charge >= 0.3 is 5.97 Å². The number of hydrogen-bond acceptors (Lipinski definition) is 4. The maximum atomic E-state index is 12.2. The van der Waals surface area contributed by atoms with Crippen molar-refractivity contribution in [2.45, 2.75) is 40.2 Å². The van der Waals surface area contributed by atoms with E-state index in [1.165, 1.54) is 4.68 Å². The molecule has 0 aliphatic rings. The Kier molecular flexibility index (Phi) is 5.10. The van der Waals surface area contributed by atoms with Crippen LogP contribution in [0.3, 0.4) is 0 Å². The van der Waals surface area contributed by atoms with Crippen LogP contribution < -0.4 is 5.32 Å². The van der Waals surface area contributed by atoms with Gasteiger partial charge in [0.05, 0.1) is 5.69 Å². The van der Waals surface area contributed by atoms with E-state index in [2.05, 4.69) is 15.6 Å². The highest BCUT2D eigenvalue weighted by atomic mass is 16.4. The van der Waals surface area contributed by atoms with Crippen LogP contribution >= 0.6 is 0 Å². The molecule has 122 valence electrons. The molecule has 2 N–H and O–H groups in total. The van der Waals surface area contributed by atoms with Gasteiger partial charge in [-0.1, -0.05) is 30.7 Å². The van der Waals surface area contributed by atoms with Crippen LogP contribution in [0.15, 0.2) is 18.2 Å². The van der Waals surface area contributed by atoms with E-state index in [9.17, 15) is 9.59 Å². The SMILES string of the molecule is CCCc1c(C(=O)O)nnn1CC(=O)Nc1cc(C)ccc1C. The van der Waals surface area contributed by atoms with Crippen molar-refractivity contribution in [1.29, 1.82) is 0 Å². The Balaban J connectivity index is 2.17. The molecule has 1 amide bonds. The Bertz CT molecular complexity index is 737. The first kappa shape index (κ1) is 16.7. The Morgan fingerprint density at radius 3 is 2.70 bits per heavy atom. The van der Waals surface area contributed by atoms with Gasteiger partial charge in [-0.15, -0.1) is 5.10 Å². The minimum Gasteiger partial charge on any atom is -0.476 e. The Morgan fingerprint density at radius 1 is 1.30 bits per heavy atom. The fraction of sp³-hybridized carbons (Fsp3) is 0.375. The van der Waals surface area contributed by atoms with Crippen LogP contribution in [-0.4, -0.2) is 32.0 Å². The van der Waals surface area contributed by atoms with Crippen molar-refractivity contribution < 1.29 is 14.7 Å². The molecule has 2 aromatic rings. The number of rotatable bonds is 6. The molecule has 23 heavy (non-hydrogen) atoms. The number of aromatic nitrogens is 3. The number of nitrogens with zero attached hydrogens (tertiary/aromatic N) is 3. The molecule has 0 saturated heterocycles. The molecule has 0 bridgehead atoms. The fourth-order valence-electron chi connectivity index (χ4n) is 2.31. The molecule has 0 fully saturated rings. The van der Waals surface area contributed by atoms with Gasteiger partial charge in [-0.3, -0.25) is 4.79 Å². The highest BCUT2D eigenvalue weighted by molar-refractivity contribution is 5.91. The highest BCUT2D eigenvalue weighted by Crippen LogP contribution is 2.16. The van der Waals surface area contributed by atoms with E-state index < -0.39 is 5.97 Å². The monoisotopic (exact) mass is 316 g/mol. The number of nitrogens with one attached hydrogen (secondary N) is 1. The molecule has 0 aliphatic carbocycles. The van der Waals surface area contributed by atoms with Crippen LogP contribution in [0.1, 0.15) is 40.7 Å². The zero-order valence-electron chi connectivity index (χ0n) is 13.5. The number of hydrogen-bond donors (Lipinski definition) is 2. The average Bonchev–Trinajstić information content (AvgIpc) is 2.86. The second-order valence-electron chi connectivity index (χ2n) is 5.46. The van der Waals surface area contributed by atoms with Gasteiger partial charge in [-0.05, 0) is 37.5 Å². The first-order valence-corrected chi connectivity index (χ1v) is 7.45. The first-order valence-electron chi connectivity index (χ1n) is 7.45. The minimum absolute atomic E-state index is 0.0665. The van der Waals surface area contributed by atoms with E-state index in [4.69, 9.17) is 5.11 Å². The van der Waals surface area contributed by atoms with Gasteiger partial charge in [-0.25, -0.2) is 9.48 Å². The van der Waals surface area contributed by atoms with E-state index in [0.29, 0.717) is 12.1 Å². The van der Waals surface area contributed by atoms with Crippen LogP contribution in [0.25, 0.3) is 0 Å². The molecule has 0 spiro atoms. The average molecular weight is 316 g/mol. The lowest BCUT2D eigenvalue weighted by atomic mass is 10.1. The van der Waals surface area contributed by atoms with Gasteiger partial charge in [0.1, 0.15) is 6.54 Å². The quantitative estimate of drug-likeness (QED) is 0.851. The van der Waals surface area contributed by atoms with Gasteiger partial charge in [0.25, 0.3) is 0 Å². The maximum absolute atomic E-state index is 12.2. The second kappa shape index (κ2) is 7.04. The molecule has 2 rings (SSSR count). The number of carboxylic acids is 1. The largest absolute Gasteiger partial charge is 0.476 e. The summed E-state index contributed by atoms with van der Waals surface area (Å²) >= 11 is 0. The maximum Gasteiger partial charge on any atom is 0.358 e. The summed E-state index contributed by atoms with van der Waals surface area (Å²) in [6.45, 7) is 5.72. The molecule has 0 atom stereocenters. The van der Waals surface area contributed by atoms with E-state index in [-0.39, 0.29) is 18.1 Å². The van der Waals surface area contributed by atoms with Gasteiger partial charge in [0, 0.05) is 5.69 Å². The molecule has 0 radical (unpaired) electrons. The van der Waals surface area contributed by atoms with Crippen LogP contribution in [0.5, 0.6) is 0 Å². The Labute approximate surface area is 134 Å². The van der Waals surface area contributed by atoms with Crippen LogP contribution in [0.4, 0.5) is 5.69 Å². The summed E-state index contributed by atoms with van der Waals surface area (Å²) in [5, 5.41) is 19.4. The van der Waals surface area contributed by atoms with Crippen LogP contribution in [0, 0.1) is 13.8 Å². The number of carbonyl (C=O) groups is 2. The molecule has 7 heteroatoms. The predicted octanol–water partition coefficient (Wildman–Crippen LogP) is 2.18. The number of amides is 1. The van der Waals surface area contributed by atoms with E-state index in [0.717, 1.165) is 23.2 Å². The number of anilines is 1. The zero-order valence-corrected chi connectivity index (χ0v) is 13.5. The van der Waals surface area contributed by atoms with Crippen molar-refractivity contribution in [2.75, 3.05) is 5.32 Å². The van der Waals surface area contributed by atoms with E-state index in [1.54, 1.807) is 0 Å². The summed E-state index contributed by atoms with van der Waals surface area (Å²) in [6, 6.07) is 5.80. The second-order valence-corrected chi connectivity index (χ2v) is 5.46. The third-order valence-electron chi connectivity index (χ3n) is 3.49. The van der Waals surface area contributed by atoms with Crippen molar-refractivity contribution in [3.63, 3.8) is 0 Å². The molecule has 0 saturated carbocycles. The summed E-state index contributed by atoms with van der Waals surface area (Å²) in [6.07, 6.45) is 1.25. The molecule has 1 aromatic carbocycles. The van der Waals surface area contributed by atoms with E-state index in [1.807, 2.05) is 39.0 Å². The standard InChI is InChI=1S/C16H20N4O3/c1-4-5-13-15(16(22)23)18-19-20(13)9-14(21)17-12-8-10(2)6-7-11(12)3/h6-8H,4-5,9H2,1-3H3,(H,17,21)(H,22,23). The fourth-order valence-corrected chi connectivity index (χ4v) is 2.31. The minimum atomic E-state index is -1.13. The summed E-state index contributed by atoms with van der Waals surface area (Å²) < 4.78 is 1.35. The molecule has 1 aromatic heterocycles. The van der Waals surface area contributed by atoms with Crippen LogP contribution in [0.2, 0.25) is 0 Å². The molecular weight excluding hydrogens is 296 g/mol. The predicted molar refractivity (Wildman–Crippen MR) is 85.5 cm³/mol. The molecule has 1 heterocycles. The molecule has 0 unspecified atom stereocenters. The molecule has 7 nitrogen and oxygen atoms in total. The topological polar surface area (TPSA) is 97.1 Å². The first-order chi connectivity index (χ1) is 10.9. The summed E-state index contributed by atoms with van der Waals surface area (Å²) in [4.78, 5) is 23.4. The van der Waals surface area contributed by atoms with Crippen molar-refractivity contribution in [2.24, 2.45) is 0 Å². The third kappa shape index (κ3) is 3.94. The lowest BCUT2D eigenvalue weighted by Crippen LogP contribution is -2.22. The number of carbonyl (C=O) groups excluding carboxylic acids is 1.